The number of carbonyl (C=O) groups excluding carboxylic acids is 2. The molecule has 340 valence electrons. The van der Waals surface area contributed by atoms with Crippen molar-refractivity contribution < 1.29 is 19.1 Å². The topological polar surface area (TPSA) is 255 Å². The minimum absolute atomic E-state index is 0.0172. The first-order valence-corrected chi connectivity index (χ1v) is 21.7. The highest BCUT2D eigenvalue weighted by Gasteiger charge is 2.31. The number of ether oxygens (including phenoxy) is 2. The molecule has 0 aliphatic heterocycles. The zero-order chi connectivity index (χ0) is 51.5. The number of anilines is 2. The monoisotopic (exact) mass is 925 g/mol. The number of hydrogen-bond acceptors (Lipinski definition) is 13. The van der Waals surface area contributed by atoms with E-state index in [1.165, 1.54) is 26.4 Å². The van der Waals surface area contributed by atoms with Gasteiger partial charge in [0.05, 0.1) is 25.3 Å². The molecule has 1 N–H and O–H groups in total. The first-order valence-electron chi connectivity index (χ1n) is 21.7. The molecule has 0 saturated carbocycles. The number of methoxy groups -OCH3 is 2. The van der Waals surface area contributed by atoms with E-state index in [9.17, 15) is 51.7 Å². The van der Waals surface area contributed by atoms with Crippen molar-refractivity contribution >= 4 is 45.6 Å². The second-order valence-electron chi connectivity index (χ2n) is 16.4. The van der Waals surface area contributed by atoms with Gasteiger partial charge in [-0.05, 0) is 104 Å². The van der Waals surface area contributed by atoms with E-state index in [4.69, 9.17) is 9.47 Å². The van der Waals surface area contributed by atoms with Gasteiger partial charge in [-0.3, -0.25) is 0 Å². The summed E-state index contributed by atoms with van der Waals surface area (Å²) in [5.74, 6) is -1.20. The number of fused-ring (bicyclic) bond motifs is 2. The van der Waals surface area contributed by atoms with Gasteiger partial charge < -0.3 is 14.8 Å². The highest BCUT2D eigenvalue weighted by Crippen LogP contribution is 2.47. The van der Waals surface area contributed by atoms with Gasteiger partial charge >= 0.3 is 11.9 Å². The predicted molar refractivity (Wildman–Crippen MR) is 266 cm³/mol. The van der Waals surface area contributed by atoms with Gasteiger partial charge in [-0.1, -0.05) is 100 Å². The minimum atomic E-state index is -0.667. The van der Waals surface area contributed by atoms with Crippen molar-refractivity contribution in [2.75, 3.05) is 19.5 Å². The van der Waals surface area contributed by atoms with E-state index in [2.05, 4.69) is 5.32 Å². The maximum absolute atomic E-state index is 13.2. The number of nitriles is 8. The molecule has 4 aliphatic rings. The summed E-state index contributed by atoms with van der Waals surface area (Å²) in [5, 5.41) is 85.9. The lowest BCUT2D eigenvalue weighted by atomic mass is 9.85. The van der Waals surface area contributed by atoms with Gasteiger partial charge in [-0.15, -0.1) is 0 Å². The number of carbonyl (C=O) groups is 2. The van der Waals surface area contributed by atoms with Crippen LogP contribution in [0.1, 0.15) is 93.6 Å². The van der Waals surface area contributed by atoms with Crippen molar-refractivity contribution in [2.24, 2.45) is 0 Å². The Labute approximate surface area is 411 Å². The molecule has 0 spiro atoms. The molecule has 0 fully saturated rings. The first-order chi connectivity index (χ1) is 34.3. The van der Waals surface area contributed by atoms with Gasteiger partial charge in [0, 0.05) is 33.7 Å². The Bertz CT molecular complexity index is 3290. The third-order valence-corrected chi connectivity index (χ3v) is 11.8. The third-order valence-electron chi connectivity index (χ3n) is 11.8. The Kier molecular flexibility index (Phi) is 15.3. The molecule has 0 radical (unpaired) electrons. The van der Waals surface area contributed by atoms with Crippen LogP contribution in [0.25, 0.3) is 44.5 Å². The van der Waals surface area contributed by atoms with Gasteiger partial charge in [0.15, 0.2) is 0 Å². The number of esters is 2. The van der Waals surface area contributed by atoms with Crippen LogP contribution in [-0.4, -0.2) is 26.2 Å². The van der Waals surface area contributed by atoms with Crippen molar-refractivity contribution in [1.29, 1.82) is 42.1 Å². The number of nitrogens with zero attached hydrogens (tertiary/aromatic N) is 8. The van der Waals surface area contributed by atoms with E-state index in [-0.39, 0.29) is 56.4 Å². The van der Waals surface area contributed by atoms with Crippen molar-refractivity contribution in [3.63, 3.8) is 0 Å². The number of rotatable bonds is 12. The fourth-order valence-corrected chi connectivity index (χ4v) is 8.25. The highest BCUT2D eigenvalue weighted by atomic mass is 16.5. The molecule has 0 unspecified atom stereocenters. The lowest BCUT2D eigenvalue weighted by molar-refractivity contribution is 0.0593. The van der Waals surface area contributed by atoms with Crippen LogP contribution in [0.15, 0.2) is 131 Å². The number of allylic oxidation sites excluding steroid dienone is 8. The lowest BCUT2D eigenvalue weighted by Gasteiger charge is -2.16. The van der Waals surface area contributed by atoms with E-state index in [0.717, 1.165) is 11.1 Å². The van der Waals surface area contributed by atoms with Crippen molar-refractivity contribution in [3.05, 3.63) is 176 Å². The summed E-state index contributed by atoms with van der Waals surface area (Å²) in [6.45, 7) is 7.97. The molecule has 4 aliphatic carbocycles. The highest BCUT2D eigenvalue weighted by molar-refractivity contribution is 6.17. The van der Waals surface area contributed by atoms with Crippen LogP contribution in [-0.2, 0) is 9.47 Å². The van der Waals surface area contributed by atoms with Crippen LogP contribution in [0, 0.1) is 90.6 Å². The molecule has 0 heterocycles. The standard InChI is InChI=1S/C58H39N9O4/c1-33(2)37-9-7-11-45-47(21-37)51(57(68)70-5)23-49(45)55(41(29-63)30-64)53(39(25-59)26-60)35-13-17-43(18-14-35)67-44-19-15-36(16-20-44)54(40(27-61)28-62)56(42(31-65)32-66)50-24-52(58(69)71-6)48-22-38(34(3)4)10-8-12-46(48)50/h7-24,33-34,67H,1-6H3. The molecule has 13 nitrogen and oxygen atoms in total. The van der Waals surface area contributed by atoms with Crippen LogP contribution in [0.4, 0.5) is 11.4 Å². The summed E-state index contributed by atoms with van der Waals surface area (Å²) in [4.78, 5) is 26.5. The summed E-state index contributed by atoms with van der Waals surface area (Å²) in [5.41, 5.74) is 4.44. The summed E-state index contributed by atoms with van der Waals surface area (Å²) in [6, 6.07) is 45.9. The Morgan fingerprint density at radius 2 is 0.718 bits per heavy atom. The molecule has 0 saturated heterocycles. The SMILES string of the molecule is COC(=O)c1cc(C(=C(C#N)C#N)C(=C(C#N)C#N)c2ccc(Nc3ccc(C(=C(C#N)C#N)C(=C(C#N)C#N)c4cc(C(=O)OC)c5cc(C(C)C)cccc4-5)cc3)cc2)c2cccc(C(C)C)cc1-2. The van der Waals surface area contributed by atoms with Crippen LogP contribution in [0.2, 0.25) is 0 Å². The summed E-state index contributed by atoms with van der Waals surface area (Å²) in [7, 11) is 2.47. The summed E-state index contributed by atoms with van der Waals surface area (Å²) >= 11 is 0. The largest absolute Gasteiger partial charge is 0.465 e. The normalized spacial score (nSPS) is 10.1. The number of nitrogens with one attached hydrogen (secondary N) is 1. The second-order valence-corrected chi connectivity index (χ2v) is 16.4. The second kappa shape index (κ2) is 21.8. The maximum Gasteiger partial charge on any atom is 0.338 e. The summed E-state index contributed by atoms with van der Waals surface area (Å²) < 4.78 is 10.3. The van der Waals surface area contributed by atoms with Gasteiger partial charge in [-0.2, -0.15) is 42.1 Å². The first kappa shape index (κ1) is 49.9. The Balaban J connectivity index is 1.45. The molecule has 71 heavy (non-hydrogen) atoms. The third kappa shape index (κ3) is 9.81. The molecule has 13 heteroatoms. The van der Waals surface area contributed by atoms with Gasteiger partial charge in [0.1, 0.15) is 70.8 Å². The Morgan fingerprint density at radius 1 is 0.408 bits per heavy atom. The van der Waals surface area contributed by atoms with E-state index in [0.29, 0.717) is 44.8 Å². The van der Waals surface area contributed by atoms with Gasteiger partial charge in [-0.25, -0.2) is 9.59 Å². The van der Waals surface area contributed by atoms with E-state index in [1.807, 2.05) is 101 Å². The van der Waals surface area contributed by atoms with Crippen molar-refractivity contribution in [3.8, 4) is 70.8 Å². The van der Waals surface area contributed by atoms with Crippen molar-refractivity contribution in [1.82, 2.24) is 0 Å². The quantitative estimate of drug-likeness (QED) is 0.0681. The predicted octanol–water partition coefficient (Wildman–Crippen LogP) is 12.1. The summed E-state index contributed by atoms with van der Waals surface area (Å²) in [6.07, 6.45) is 0. The van der Waals surface area contributed by atoms with E-state index >= 15 is 0 Å². The van der Waals surface area contributed by atoms with Gasteiger partial charge in [0.25, 0.3) is 0 Å². The van der Waals surface area contributed by atoms with Crippen molar-refractivity contribution in [2.45, 2.75) is 39.5 Å². The fourth-order valence-electron chi connectivity index (χ4n) is 8.25. The molecule has 2 aromatic rings. The smallest absolute Gasteiger partial charge is 0.338 e. The molecule has 0 atom stereocenters. The van der Waals surface area contributed by atoms with E-state index in [1.54, 1.807) is 72.8 Å². The molecule has 6 rings (SSSR count). The molecular weight excluding hydrogens is 887 g/mol. The molecular formula is C58H39N9O4. The average Bonchev–Trinajstić information content (AvgIpc) is 3.70. The average molecular weight is 926 g/mol. The van der Waals surface area contributed by atoms with Crippen LogP contribution < -0.4 is 5.32 Å². The molecule has 2 aromatic carbocycles. The lowest BCUT2D eigenvalue weighted by Crippen LogP contribution is -2.00. The Morgan fingerprint density at radius 3 is 1.00 bits per heavy atom. The van der Waals surface area contributed by atoms with Gasteiger partial charge in [0.2, 0.25) is 0 Å². The zero-order valence-corrected chi connectivity index (χ0v) is 39.3. The molecule has 0 amide bonds. The Hall–Kier alpha value is -10.5. The molecule has 0 aromatic heterocycles. The molecule has 0 bridgehead atoms. The van der Waals surface area contributed by atoms with E-state index < -0.39 is 34.2 Å². The van der Waals surface area contributed by atoms with Crippen LogP contribution in [0.5, 0.6) is 0 Å². The zero-order valence-electron chi connectivity index (χ0n) is 39.3. The van der Waals surface area contributed by atoms with Crippen LogP contribution in [0.3, 0.4) is 0 Å². The minimum Gasteiger partial charge on any atom is -0.465 e. The number of hydrogen-bond donors (Lipinski definition) is 1. The number of benzene rings is 2. The maximum atomic E-state index is 13.2. The van der Waals surface area contributed by atoms with Crippen LogP contribution >= 0.6 is 0 Å². The fraction of sp³-hybridized carbons (Fsp3) is 0.138.